The molecule has 0 aliphatic carbocycles. The summed E-state index contributed by atoms with van der Waals surface area (Å²) in [5.41, 5.74) is 1.78. The van der Waals surface area contributed by atoms with E-state index >= 15 is 0 Å². The van der Waals surface area contributed by atoms with Crippen LogP contribution in [0.25, 0.3) is 11.1 Å². The minimum atomic E-state index is -0.408. The molecule has 5 heteroatoms. The zero-order valence-corrected chi connectivity index (χ0v) is 9.72. The predicted molar refractivity (Wildman–Crippen MR) is 64.0 cm³/mol. The number of benzene rings is 1. The number of nitro benzene ring substituents is 1. The summed E-state index contributed by atoms with van der Waals surface area (Å²) < 4.78 is 0.482. The molecule has 0 spiro atoms. The van der Waals surface area contributed by atoms with Gasteiger partial charge < -0.3 is 0 Å². The Morgan fingerprint density at radius 2 is 1.81 bits per heavy atom. The molecule has 0 aliphatic heterocycles. The largest absolute Gasteiger partial charge is 0.284 e. The molecule has 0 radical (unpaired) electrons. The van der Waals surface area contributed by atoms with E-state index in [0.29, 0.717) is 4.47 Å². The SMILES string of the molecule is O=[N+]([O-])c1cc(-c2ccncc2)ccc1Br. The molecule has 0 atom stereocenters. The van der Waals surface area contributed by atoms with Crippen molar-refractivity contribution in [1.82, 2.24) is 4.98 Å². The lowest BCUT2D eigenvalue weighted by atomic mass is 10.1. The van der Waals surface area contributed by atoms with Crippen molar-refractivity contribution in [2.45, 2.75) is 0 Å². The highest BCUT2D eigenvalue weighted by Crippen LogP contribution is 2.30. The maximum Gasteiger partial charge on any atom is 0.284 e. The van der Waals surface area contributed by atoms with E-state index in [9.17, 15) is 10.1 Å². The molecule has 0 amide bonds. The highest BCUT2D eigenvalue weighted by atomic mass is 79.9. The molecule has 0 saturated heterocycles. The van der Waals surface area contributed by atoms with Crippen LogP contribution < -0.4 is 0 Å². The second-order valence-corrected chi connectivity index (χ2v) is 4.01. The van der Waals surface area contributed by atoms with Crippen LogP contribution in [-0.2, 0) is 0 Å². The van der Waals surface area contributed by atoms with Gasteiger partial charge in [0.1, 0.15) is 0 Å². The Morgan fingerprint density at radius 1 is 1.12 bits per heavy atom. The molecule has 1 aromatic heterocycles. The Labute approximate surface area is 100 Å². The van der Waals surface area contributed by atoms with Crippen molar-refractivity contribution in [3.8, 4) is 11.1 Å². The molecule has 0 saturated carbocycles. The molecular weight excluding hydrogens is 272 g/mol. The number of pyridine rings is 1. The van der Waals surface area contributed by atoms with E-state index in [1.165, 1.54) is 0 Å². The quantitative estimate of drug-likeness (QED) is 0.625. The first-order chi connectivity index (χ1) is 7.68. The van der Waals surface area contributed by atoms with Gasteiger partial charge in [-0.05, 0) is 45.3 Å². The third-order valence-corrected chi connectivity index (χ3v) is 2.83. The van der Waals surface area contributed by atoms with Gasteiger partial charge in [-0.3, -0.25) is 15.1 Å². The summed E-state index contributed by atoms with van der Waals surface area (Å²) in [4.78, 5) is 14.3. The number of aromatic nitrogens is 1. The van der Waals surface area contributed by atoms with E-state index in [1.807, 2.05) is 18.2 Å². The van der Waals surface area contributed by atoms with Gasteiger partial charge in [0.25, 0.3) is 5.69 Å². The van der Waals surface area contributed by atoms with Gasteiger partial charge in [0.05, 0.1) is 9.40 Å². The van der Waals surface area contributed by atoms with Crippen LogP contribution in [0.4, 0.5) is 5.69 Å². The zero-order valence-electron chi connectivity index (χ0n) is 8.13. The molecule has 0 fully saturated rings. The maximum absolute atomic E-state index is 10.8. The lowest BCUT2D eigenvalue weighted by Crippen LogP contribution is -1.90. The molecule has 2 rings (SSSR count). The number of rotatable bonds is 2. The molecule has 1 heterocycles. The van der Waals surface area contributed by atoms with Gasteiger partial charge in [-0.1, -0.05) is 6.07 Å². The lowest BCUT2D eigenvalue weighted by molar-refractivity contribution is -0.385. The van der Waals surface area contributed by atoms with Gasteiger partial charge >= 0.3 is 0 Å². The minimum Gasteiger partial charge on any atom is -0.265 e. The number of nitrogens with zero attached hydrogens (tertiary/aromatic N) is 2. The number of hydrogen-bond acceptors (Lipinski definition) is 3. The van der Waals surface area contributed by atoms with E-state index in [-0.39, 0.29) is 5.69 Å². The summed E-state index contributed by atoms with van der Waals surface area (Å²) in [7, 11) is 0. The summed E-state index contributed by atoms with van der Waals surface area (Å²) in [5, 5.41) is 10.8. The van der Waals surface area contributed by atoms with Gasteiger partial charge in [0, 0.05) is 18.5 Å². The van der Waals surface area contributed by atoms with E-state index in [2.05, 4.69) is 20.9 Å². The molecule has 1 aromatic carbocycles. The first-order valence-electron chi connectivity index (χ1n) is 4.53. The summed E-state index contributed by atoms with van der Waals surface area (Å²) in [6.07, 6.45) is 3.31. The Balaban J connectivity index is 2.52. The van der Waals surface area contributed by atoms with Crippen LogP contribution in [-0.4, -0.2) is 9.91 Å². The summed E-state index contributed by atoms with van der Waals surface area (Å²) in [5.74, 6) is 0. The predicted octanol–water partition coefficient (Wildman–Crippen LogP) is 3.42. The van der Waals surface area contributed by atoms with E-state index in [4.69, 9.17) is 0 Å². The molecular formula is C11H7BrN2O2. The smallest absolute Gasteiger partial charge is 0.265 e. The fraction of sp³-hybridized carbons (Fsp3) is 0. The average molecular weight is 279 g/mol. The van der Waals surface area contributed by atoms with Crippen molar-refractivity contribution in [2.75, 3.05) is 0 Å². The highest BCUT2D eigenvalue weighted by molar-refractivity contribution is 9.10. The number of nitro groups is 1. The first kappa shape index (κ1) is 10.8. The minimum absolute atomic E-state index is 0.0642. The van der Waals surface area contributed by atoms with E-state index < -0.39 is 4.92 Å². The summed E-state index contributed by atoms with van der Waals surface area (Å²) in [6, 6.07) is 8.67. The van der Waals surface area contributed by atoms with Crippen molar-refractivity contribution < 1.29 is 4.92 Å². The van der Waals surface area contributed by atoms with E-state index in [1.54, 1.807) is 24.5 Å². The molecule has 0 bridgehead atoms. The maximum atomic E-state index is 10.8. The van der Waals surface area contributed by atoms with Gasteiger partial charge in [-0.25, -0.2) is 0 Å². The van der Waals surface area contributed by atoms with Crippen LogP contribution in [0.15, 0.2) is 47.2 Å². The van der Waals surface area contributed by atoms with Crippen molar-refractivity contribution >= 4 is 21.6 Å². The van der Waals surface area contributed by atoms with Crippen LogP contribution in [0.5, 0.6) is 0 Å². The van der Waals surface area contributed by atoms with E-state index in [0.717, 1.165) is 11.1 Å². The Morgan fingerprint density at radius 3 is 2.44 bits per heavy atom. The second kappa shape index (κ2) is 4.40. The number of halogens is 1. The normalized spacial score (nSPS) is 10.1. The molecule has 80 valence electrons. The molecule has 16 heavy (non-hydrogen) atoms. The second-order valence-electron chi connectivity index (χ2n) is 3.16. The van der Waals surface area contributed by atoms with Crippen molar-refractivity contribution in [3.63, 3.8) is 0 Å². The molecule has 2 aromatic rings. The van der Waals surface area contributed by atoms with Crippen molar-refractivity contribution in [1.29, 1.82) is 0 Å². The third-order valence-electron chi connectivity index (χ3n) is 2.16. The van der Waals surface area contributed by atoms with Crippen LogP contribution in [0.1, 0.15) is 0 Å². The monoisotopic (exact) mass is 278 g/mol. The van der Waals surface area contributed by atoms with Crippen molar-refractivity contribution in [2.24, 2.45) is 0 Å². The fourth-order valence-electron chi connectivity index (χ4n) is 1.38. The molecule has 0 aliphatic rings. The standard InChI is InChI=1S/C11H7BrN2O2/c12-10-2-1-9(7-11(10)14(15)16)8-3-5-13-6-4-8/h1-7H. The molecule has 0 N–H and O–H groups in total. The van der Waals surface area contributed by atoms with Gasteiger partial charge in [0.15, 0.2) is 0 Å². The highest BCUT2D eigenvalue weighted by Gasteiger charge is 2.12. The van der Waals surface area contributed by atoms with Gasteiger partial charge in [-0.15, -0.1) is 0 Å². The van der Waals surface area contributed by atoms with Gasteiger partial charge in [-0.2, -0.15) is 0 Å². The van der Waals surface area contributed by atoms with Crippen LogP contribution in [0.3, 0.4) is 0 Å². The number of hydrogen-bond donors (Lipinski definition) is 0. The summed E-state index contributed by atoms with van der Waals surface area (Å²) in [6.45, 7) is 0. The fourth-order valence-corrected chi connectivity index (χ4v) is 1.77. The van der Waals surface area contributed by atoms with Crippen molar-refractivity contribution in [3.05, 3.63) is 57.3 Å². The Bertz CT molecular complexity index is 529. The Kier molecular flexibility index (Phi) is 2.96. The third kappa shape index (κ3) is 2.09. The summed E-state index contributed by atoms with van der Waals surface area (Å²) >= 11 is 3.15. The van der Waals surface area contributed by atoms with Crippen LogP contribution >= 0.6 is 15.9 Å². The molecule has 0 unspecified atom stereocenters. The van der Waals surface area contributed by atoms with Crippen LogP contribution in [0, 0.1) is 10.1 Å². The molecule has 4 nitrogen and oxygen atoms in total. The topological polar surface area (TPSA) is 56.0 Å². The average Bonchev–Trinajstić information content (AvgIpc) is 2.30. The lowest BCUT2D eigenvalue weighted by Gasteiger charge is -2.01. The van der Waals surface area contributed by atoms with Crippen LogP contribution in [0.2, 0.25) is 0 Å². The Hall–Kier alpha value is -1.75. The first-order valence-corrected chi connectivity index (χ1v) is 5.32. The zero-order chi connectivity index (χ0) is 11.5. The van der Waals surface area contributed by atoms with Gasteiger partial charge in [0.2, 0.25) is 0 Å².